The maximum absolute atomic E-state index is 12.2. The van der Waals surface area contributed by atoms with Crippen LogP contribution in [-0.4, -0.2) is 35.0 Å². The van der Waals surface area contributed by atoms with Crippen LogP contribution in [0.25, 0.3) is 0 Å². The molecule has 0 fully saturated rings. The molecule has 1 amide bonds. The van der Waals surface area contributed by atoms with Crippen molar-refractivity contribution in [3.8, 4) is 5.75 Å². The molecule has 25 heavy (non-hydrogen) atoms. The molecule has 1 aliphatic rings. The quantitative estimate of drug-likeness (QED) is 0.879. The van der Waals surface area contributed by atoms with Crippen molar-refractivity contribution in [2.24, 2.45) is 0 Å². The van der Waals surface area contributed by atoms with E-state index < -0.39 is 0 Å². The Morgan fingerprint density at radius 1 is 1.32 bits per heavy atom. The number of benzene rings is 1. The average molecular weight is 339 g/mol. The number of hydrogen-bond donors (Lipinski definition) is 1. The minimum absolute atomic E-state index is 0.00973. The van der Waals surface area contributed by atoms with Crippen molar-refractivity contribution in [3.63, 3.8) is 0 Å². The van der Waals surface area contributed by atoms with Gasteiger partial charge in [0, 0.05) is 25.7 Å². The molecule has 0 bridgehead atoms. The number of aromatic nitrogens is 1. The highest BCUT2D eigenvalue weighted by Gasteiger charge is 2.29. The van der Waals surface area contributed by atoms with E-state index in [2.05, 4.69) is 30.2 Å². The molecule has 1 aromatic heterocycles. The first-order valence-electron chi connectivity index (χ1n) is 8.57. The molecule has 5 heteroatoms. The SMILES string of the molecule is CN(CC(=O)NCc1ccc2c(c1)CC(C)(C)O2)Cc1ccccn1. The van der Waals surface area contributed by atoms with E-state index in [0.717, 1.165) is 23.4 Å². The Morgan fingerprint density at radius 3 is 2.92 bits per heavy atom. The number of likely N-dealkylation sites (N-methyl/N-ethyl adjacent to an activating group) is 1. The predicted molar refractivity (Wildman–Crippen MR) is 97.3 cm³/mol. The molecule has 1 aromatic carbocycles. The Labute approximate surface area is 149 Å². The highest BCUT2D eigenvalue weighted by Crippen LogP contribution is 2.35. The fraction of sp³-hybridized carbons (Fsp3) is 0.400. The van der Waals surface area contributed by atoms with Crippen molar-refractivity contribution in [1.82, 2.24) is 15.2 Å². The summed E-state index contributed by atoms with van der Waals surface area (Å²) in [6, 6.07) is 11.9. The van der Waals surface area contributed by atoms with Crippen LogP contribution < -0.4 is 10.1 Å². The van der Waals surface area contributed by atoms with Gasteiger partial charge in [-0.25, -0.2) is 0 Å². The number of nitrogens with one attached hydrogen (secondary N) is 1. The van der Waals surface area contributed by atoms with Crippen LogP contribution in [0, 0.1) is 0 Å². The zero-order valence-corrected chi connectivity index (χ0v) is 15.1. The molecule has 132 valence electrons. The van der Waals surface area contributed by atoms with Crippen molar-refractivity contribution >= 4 is 5.91 Å². The van der Waals surface area contributed by atoms with Gasteiger partial charge in [0.25, 0.3) is 0 Å². The maximum atomic E-state index is 12.2. The summed E-state index contributed by atoms with van der Waals surface area (Å²) in [6.07, 6.45) is 2.67. The minimum Gasteiger partial charge on any atom is -0.487 e. The minimum atomic E-state index is -0.140. The number of rotatable bonds is 6. The highest BCUT2D eigenvalue weighted by atomic mass is 16.5. The van der Waals surface area contributed by atoms with Crippen LogP contribution >= 0.6 is 0 Å². The second-order valence-corrected chi connectivity index (χ2v) is 7.25. The molecular weight excluding hydrogens is 314 g/mol. The largest absolute Gasteiger partial charge is 0.487 e. The fourth-order valence-electron chi connectivity index (χ4n) is 3.10. The van der Waals surface area contributed by atoms with Gasteiger partial charge in [0.15, 0.2) is 0 Å². The van der Waals surface area contributed by atoms with Crippen molar-refractivity contribution in [1.29, 1.82) is 0 Å². The predicted octanol–water partition coefficient (Wildman–Crippen LogP) is 2.54. The molecule has 1 N–H and O–H groups in total. The third-order valence-electron chi connectivity index (χ3n) is 4.19. The molecule has 0 saturated heterocycles. The van der Waals surface area contributed by atoms with E-state index in [1.54, 1.807) is 6.20 Å². The van der Waals surface area contributed by atoms with Crippen molar-refractivity contribution in [2.45, 2.75) is 39.0 Å². The van der Waals surface area contributed by atoms with E-state index >= 15 is 0 Å². The maximum Gasteiger partial charge on any atom is 0.234 e. The number of carbonyl (C=O) groups is 1. The van der Waals surface area contributed by atoms with Crippen molar-refractivity contribution in [2.75, 3.05) is 13.6 Å². The van der Waals surface area contributed by atoms with Gasteiger partial charge in [0.1, 0.15) is 11.4 Å². The number of pyridine rings is 1. The van der Waals surface area contributed by atoms with E-state index in [-0.39, 0.29) is 11.5 Å². The van der Waals surface area contributed by atoms with Crippen LogP contribution in [0.2, 0.25) is 0 Å². The first-order chi connectivity index (χ1) is 11.9. The summed E-state index contributed by atoms with van der Waals surface area (Å²) >= 11 is 0. The molecule has 0 atom stereocenters. The van der Waals surface area contributed by atoms with E-state index in [1.807, 2.05) is 42.3 Å². The van der Waals surface area contributed by atoms with Gasteiger partial charge in [-0.05, 0) is 50.2 Å². The molecular formula is C20H25N3O2. The van der Waals surface area contributed by atoms with Gasteiger partial charge < -0.3 is 10.1 Å². The lowest BCUT2D eigenvalue weighted by molar-refractivity contribution is -0.122. The second-order valence-electron chi connectivity index (χ2n) is 7.25. The number of fused-ring (bicyclic) bond motifs is 1. The number of carbonyl (C=O) groups excluding carboxylic acids is 1. The summed E-state index contributed by atoms with van der Waals surface area (Å²) < 4.78 is 5.88. The Balaban J connectivity index is 1.48. The smallest absolute Gasteiger partial charge is 0.234 e. The van der Waals surface area contributed by atoms with Gasteiger partial charge >= 0.3 is 0 Å². The van der Waals surface area contributed by atoms with Crippen molar-refractivity contribution < 1.29 is 9.53 Å². The Hall–Kier alpha value is -2.40. The Bertz CT molecular complexity index is 744. The normalized spacial score (nSPS) is 14.9. The van der Waals surface area contributed by atoms with Gasteiger partial charge in [-0.1, -0.05) is 18.2 Å². The van der Waals surface area contributed by atoms with Crippen LogP contribution in [0.1, 0.15) is 30.7 Å². The monoisotopic (exact) mass is 339 g/mol. The highest BCUT2D eigenvalue weighted by molar-refractivity contribution is 5.78. The lowest BCUT2D eigenvalue weighted by atomic mass is 10.0. The van der Waals surface area contributed by atoms with Crippen LogP contribution in [0.5, 0.6) is 5.75 Å². The van der Waals surface area contributed by atoms with Crippen LogP contribution in [-0.2, 0) is 24.3 Å². The summed E-state index contributed by atoms with van der Waals surface area (Å²) in [5, 5.41) is 2.99. The summed E-state index contributed by atoms with van der Waals surface area (Å²) in [5.41, 5.74) is 3.13. The second kappa shape index (κ2) is 7.23. The Morgan fingerprint density at radius 2 is 2.16 bits per heavy atom. The Kier molecular flexibility index (Phi) is 5.04. The van der Waals surface area contributed by atoms with Gasteiger partial charge in [0.05, 0.1) is 12.2 Å². The summed E-state index contributed by atoms with van der Waals surface area (Å²) in [6.45, 7) is 5.71. The molecule has 5 nitrogen and oxygen atoms in total. The van der Waals surface area contributed by atoms with E-state index in [0.29, 0.717) is 19.6 Å². The molecule has 1 aliphatic heterocycles. The molecule has 3 rings (SSSR count). The molecule has 0 radical (unpaired) electrons. The third kappa shape index (κ3) is 4.79. The fourth-order valence-corrected chi connectivity index (χ4v) is 3.10. The van der Waals surface area contributed by atoms with Gasteiger partial charge in [-0.15, -0.1) is 0 Å². The number of amides is 1. The first kappa shape index (κ1) is 17.4. The standard InChI is InChI=1S/C20H25N3O2/c1-20(2)11-16-10-15(7-8-18(16)25-20)12-22-19(24)14-23(3)13-17-6-4-5-9-21-17/h4-10H,11-14H2,1-3H3,(H,22,24). The molecule has 0 saturated carbocycles. The number of hydrogen-bond acceptors (Lipinski definition) is 4. The average Bonchev–Trinajstić information content (AvgIpc) is 2.86. The van der Waals surface area contributed by atoms with E-state index in [4.69, 9.17) is 4.74 Å². The molecule has 2 heterocycles. The van der Waals surface area contributed by atoms with Gasteiger partial charge in [-0.2, -0.15) is 0 Å². The zero-order chi connectivity index (χ0) is 17.9. The van der Waals surface area contributed by atoms with Crippen molar-refractivity contribution in [3.05, 3.63) is 59.4 Å². The van der Waals surface area contributed by atoms with E-state index in [1.165, 1.54) is 5.56 Å². The van der Waals surface area contributed by atoms with Gasteiger partial charge in [-0.3, -0.25) is 14.7 Å². The molecule has 0 aliphatic carbocycles. The van der Waals surface area contributed by atoms with Gasteiger partial charge in [0.2, 0.25) is 5.91 Å². The lowest BCUT2D eigenvalue weighted by Gasteiger charge is -2.16. The molecule has 0 spiro atoms. The molecule has 2 aromatic rings. The number of nitrogens with zero attached hydrogens (tertiary/aromatic N) is 2. The summed E-state index contributed by atoms with van der Waals surface area (Å²) in [5.74, 6) is 0.964. The van der Waals surface area contributed by atoms with Crippen LogP contribution in [0.3, 0.4) is 0 Å². The molecule has 0 unspecified atom stereocenters. The lowest BCUT2D eigenvalue weighted by Crippen LogP contribution is -2.34. The summed E-state index contributed by atoms with van der Waals surface area (Å²) in [4.78, 5) is 18.4. The third-order valence-corrected chi connectivity index (χ3v) is 4.19. The summed E-state index contributed by atoms with van der Waals surface area (Å²) in [7, 11) is 1.92. The number of ether oxygens (including phenoxy) is 1. The van der Waals surface area contributed by atoms with Crippen LogP contribution in [0.4, 0.5) is 0 Å². The van der Waals surface area contributed by atoms with Crippen LogP contribution in [0.15, 0.2) is 42.6 Å². The topological polar surface area (TPSA) is 54.5 Å². The zero-order valence-electron chi connectivity index (χ0n) is 15.1. The first-order valence-corrected chi connectivity index (χ1v) is 8.57. The van der Waals surface area contributed by atoms with E-state index in [9.17, 15) is 4.79 Å².